The van der Waals surface area contributed by atoms with Crippen molar-refractivity contribution in [2.45, 2.75) is 58.6 Å². The fourth-order valence-corrected chi connectivity index (χ4v) is 11.0. The number of hydrogen-bond donors (Lipinski definition) is 0. The van der Waals surface area contributed by atoms with E-state index in [-0.39, 0.29) is 16.9 Å². The Bertz CT molecular complexity index is 792. The van der Waals surface area contributed by atoms with Crippen molar-refractivity contribution in [1.82, 2.24) is 0 Å². The van der Waals surface area contributed by atoms with E-state index in [4.69, 9.17) is 4.74 Å². The van der Waals surface area contributed by atoms with Crippen molar-refractivity contribution in [2.24, 2.45) is 0 Å². The van der Waals surface area contributed by atoms with Crippen LogP contribution >= 0.6 is 0 Å². The van der Waals surface area contributed by atoms with Gasteiger partial charge in [-0.15, -0.1) is 0 Å². The minimum Gasteiger partial charge on any atom is -0.495 e. The Hall–Kier alpha value is -2.13. The predicted molar refractivity (Wildman–Crippen MR) is 115 cm³/mol. The largest absolute Gasteiger partial charge is 0.495 e. The highest BCUT2D eigenvalue weighted by atomic mass is 28.3. The molecule has 0 aliphatic carbocycles. The molecule has 1 unspecified atom stereocenters. The Labute approximate surface area is 164 Å². The first kappa shape index (κ1) is 19.6. The van der Waals surface area contributed by atoms with Crippen molar-refractivity contribution in [1.29, 1.82) is 0 Å². The standard InChI is InChI=1S/C24H30O2Si/c1-18(25)16-20-17-23(19(2)26-20)27(24(3,4)5,21-12-8-6-9-13-21)22-14-10-7-11-15-22/h6-15,20H,16-17H2,1-5H3. The van der Waals surface area contributed by atoms with Gasteiger partial charge >= 0.3 is 0 Å². The van der Waals surface area contributed by atoms with E-state index < -0.39 is 8.07 Å². The van der Waals surface area contributed by atoms with E-state index in [1.165, 1.54) is 15.6 Å². The highest BCUT2D eigenvalue weighted by Crippen LogP contribution is 2.45. The molecule has 3 heteroatoms. The van der Waals surface area contributed by atoms with Crippen LogP contribution in [0.1, 0.15) is 47.5 Å². The van der Waals surface area contributed by atoms with Crippen LogP contribution in [0.25, 0.3) is 0 Å². The molecule has 27 heavy (non-hydrogen) atoms. The van der Waals surface area contributed by atoms with E-state index in [1.807, 2.05) is 0 Å². The Morgan fingerprint density at radius 2 is 1.48 bits per heavy atom. The lowest BCUT2D eigenvalue weighted by atomic mass is 10.1. The molecule has 0 spiro atoms. The number of ether oxygens (including phenoxy) is 1. The average Bonchev–Trinajstić information content (AvgIpc) is 2.96. The van der Waals surface area contributed by atoms with E-state index in [9.17, 15) is 4.79 Å². The van der Waals surface area contributed by atoms with E-state index in [0.717, 1.165) is 12.2 Å². The summed E-state index contributed by atoms with van der Waals surface area (Å²) in [4.78, 5) is 11.7. The first-order chi connectivity index (χ1) is 12.8. The number of carbonyl (C=O) groups is 1. The van der Waals surface area contributed by atoms with Gasteiger partial charge in [0.1, 0.15) is 11.9 Å². The number of rotatable bonds is 5. The highest BCUT2D eigenvalue weighted by molar-refractivity contribution is 7.09. The van der Waals surface area contributed by atoms with Gasteiger partial charge in [-0.25, -0.2) is 0 Å². The summed E-state index contributed by atoms with van der Waals surface area (Å²) in [6.07, 6.45) is 1.30. The van der Waals surface area contributed by atoms with Crippen LogP contribution in [-0.2, 0) is 9.53 Å². The van der Waals surface area contributed by atoms with Crippen molar-refractivity contribution in [3.63, 3.8) is 0 Å². The third-order valence-electron chi connectivity index (χ3n) is 5.71. The van der Waals surface area contributed by atoms with E-state index in [2.05, 4.69) is 88.4 Å². The zero-order valence-electron chi connectivity index (χ0n) is 17.1. The van der Waals surface area contributed by atoms with Gasteiger partial charge in [-0.05, 0) is 34.5 Å². The minimum absolute atomic E-state index is 0.0286. The highest BCUT2D eigenvalue weighted by Gasteiger charge is 2.53. The molecule has 1 aliphatic heterocycles. The number of benzene rings is 2. The van der Waals surface area contributed by atoms with Crippen LogP contribution in [0.4, 0.5) is 0 Å². The second kappa shape index (κ2) is 7.47. The number of allylic oxidation sites excluding steroid dienone is 1. The topological polar surface area (TPSA) is 26.3 Å². The summed E-state index contributed by atoms with van der Waals surface area (Å²) in [6, 6.07) is 21.9. The molecule has 0 aromatic heterocycles. The average molecular weight is 379 g/mol. The number of hydrogen-bond acceptors (Lipinski definition) is 2. The lowest BCUT2D eigenvalue weighted by Crippen LogP contribution is -2.66. The third-order valence-corrected chi connectivity index (χ3v) is 11.8. The maximum absolute atomic E-state index is 11.7. The molecule has 2 aromatic carbocycles. The molecule has 0 saturated heterocycles. The summed E-state index contributed by atoms with van der Waals surface area (Å²) < 4.78 is 6.22. The summed E-state index contributed by atoms with van der Waals surface area (Å²) in [5, 5.41) is 4.30. The van der Waals surface area contributed by atoms with Crippen molar-refractivity contribution in [3.05, 3.63) is 71.6 Å². The molecule has 2 nitrogen and oxygen atoms in total. The van der Waals surface area contributed by atoms with Crippen LogP contribution in [0.3, 0.4) is 0 Å². The quantitative estimate of drug-likeness (QED) is 0.709. The van der Waals surface area contributed by atoms with Crippen LogP contribution in [0, 0.1) is 0 Å². The maximum atomic E-state index is 11.7. The molecular weight excluding hydrogens is 348 g/mol. The van der Waals surface area contributed by atoms with Gasteiger partial charge in [0.2, 0.25) is 0 Å². The molecule has 0 amide bonds. The molecule has 3 rings (SSSR count). The van der Waals surface area contributed by atoms with Crippen molar-refractivity contribution in [3.8, 4) is 0 Å². The van der Waals surface area contributed by atoms with Gasteiger partial charge in [-0.3, -0.25) is 4.79 Å². The summed E-state index contributed by atoms with van der Waals surface area (Å²) in [5.41, 5.74) is 0. The summed E-state index contributed by atoms with van der Waals surface area (Å²) in [6.45, 7) is 10.8. The SMILES string of the molecule is CC(=O)CC1CC([Si](c2ccccc2)(c2ccccc2)C(C)(C)C)=C(C)O1. The van der Waals surface area contributed by atoms with Gasteiger partial charge in [0.05, 0.1) is 5.76 Å². The number of Topliss-reactive ketones (excluding diaryl/α,β-unsaturated/α-hetero) is 1. The molecule has 0 saturated carbocycles. The van der Waals surface area contributed by atoms with Crippen LogP contribution in [0.5, 0.6) is 0 Å². The van der Waals surface area contributed by atoms with Gasteiger partial charge in [0.25, 0.3) is 0 Å². The molecule has 1 atom stereocenters. The van der Waals surface area contributed by atoms with Crippen molar-refractivity contribution in [2.75, 3.05) is 0 Å². The first-order valence-electron chi connectivity index (χ1n) is 9.74. The Balaban J connectivity index is 2.25. The molecule has 0 radical (unpaired) electrons. The van der Waals surface area contributed by atoms with E-state index >= 15 is 0 Å². The van der Waals surface area contributed by atoms with E-state index in [1.54, 1.807) is 6.92 Å². The Morgan fingerprint density at radius 3 is 1.89 bits per heavy atom. The first-order valence-corrected chi connectivity index (χ1v) is 11.7. The van der Waals surface area contributed by atoms with Gasteiger partial charge < -0.3 is 4.74 Å². The molecule has 0 N–H and O–H groups in total. The van der Waals surface area contributed by atoms with Gasteiger partial charge in [-0.2, -0.15) is 0 Å². The smallest absolute Gasteiger partial charge is 0.153 e. The molecule has 0 bridgehead atoms. The Morgan fingerprint density at radius 1 is 1.00 bits per heavy atom. The van der Waals surface area contributed by atoms with Crippen LogP contribution in [0.15, 0.2) is 71.6 Å². The molecule has 142 valence electrons. The summed E-state index contributed by atoms with van der Waals surface area (Å²) in [5.74, 6) is 1.21. The van der Waals surface area contributed by atoms with Gasteiger partial charge in [0, 0.05) is 12.8 Å². The maximum Gasteiger partial charge on any atom is 0.153 e. The second-order valence-electron chi connectivity index (χ2n) is 8.62. The molecule has 1 aliphatic rings. The predicted octanol–water partition coefficient (Wildman–Crippen LogP) is 4.63. The molecule has 2 aromatic rings. The van der Waals surface area contributed by atoms with Crippen LogP contribution in [-0.4, -0.2) is 20.0 Å². The second-order valence-corrected chi connectivity index (χ2v) is 13.4. The van der Waals surface area contributed by atoms with E-state index in [0.29, 0.717) is 6.42 Å². The summed E-state index contributed by atoms with van der Waals surface area (Å²) >= 11 is 0. The number of carbonyl (C=O) groups excluding carboxylic acids is 1. The zero-order chi connectivity index (χ0) is 19.7. The molecule has 0 fully saturated rings. The molecule has 1 heterocycles. The third kappa shape index (κ3) is 3.53. The lowest BCUT2D eigenvalue weighted by Gasteiger charge is -2.45. The normalized spacial score (nSPS) is 17.7. The fraction of sp³-hybridized carbons (Fsp3) is 0.375. The monoisotopic (exact) mass is 378 g/mol. The van der Waals surface area contributed by atoms with Crippen LogP contribution < -0.4 is 10.4 Å². The van der Waals surface area contributed by atoms with Gasteiger partial charge in [-0.1, -0.05) is 81.4 Å². The van der Waals surface area contributed by atoms with Crippen molar-refractivity contribution >= 4 is 24.2 Å². The molecular formula is C24H30O2Si. The zero-order valence-corrected chi connectivity index (χ0v) is 18.1. The lowest BCUT2D eigenvalue weighted by molar-refractivity contribution is -0.118. The van der Waals surface area contributed by atoms with Gasteiger partial charge in [0.15, 0.2) is 8.07 Å². The Kier molecular flexibility index (Phi) is 5.43. The fourth-order valence-electron chi connectivity index (χ4n) is 4.80. The van der Waals surface area contributed by atoms with Crippen LogP contribution in [0.2, 0.25) is 5.04 Å². The number of ketones is 1. The summed E-state index contributed by atoms with van der Waals surface area (Å²) in [7, 11) is -2.33. The minimum atomic E-state index is -2.33. The van der Waals surface area contributed by atoms with Crippen molar-refractivity contribution < 1.29 is 9.53 Å².